The van der Waals surface area contributed by atoms with Crippen molar-refractivity contribution < 1.29 is 46.6 Å². The second kappa shape index (κ2) is 24.7. The number of anilines is 1. The van der Waals surface area contributed by atoms with E-state index in [0.717, 1.165) is 69.4 Å². The molecule has 4 N–H and O–H groups in total. The van der Waals surface area contributed by atoms with E-state index in [1.165, 1.54) is 12.4 Å². The molecule has 6 atom stereocenters. The van der Waals surface area contributed by atoms with Crippen molar-refractivity contribution in [1.29, 1.82) is 0 Å². The van der Waals surface area contributed by atoms with Gasteiger partial charge >= 0.3 is 6.18 Å². The normalized spacial score (nSPS) is 26.2. The summed E-state index contributed by atoms with van der Waals surface area (Å²) in [5.74, 6) is -0.388. The van der Waals surface area contributed by atoms with Crippen molar-refractivity contribution in [3.05, 3.63) is 60.2 Å². The number of carbonyl (C=O) groups excluding carboxylic acids is 5. The molecule has 2 aliphatic carbocycles. The standard InChI is InChI=1S/C52H72F3N11O7/c1-33(2)30-58-37-9-13-44(66-18-14-42(51(66)71)61-48-39-27-36(52(53,54)55)8-12-41(39)59-32-60-48)43(28-37)62-49(69)34-6-10-38(11-7-34)64-19-21-65(22-20-64)45(67)15-23-72-25-26-73-24-17-57-50(70)40-29-46(68)63(3)47(40)35-5-4-16-56-31-35/h4-5,8,12,16,27,31-34,37-38,40,42-44,47,58H,6-7,9-11,13-15,17-26,28-30H2,1-3H3,(H,57,70)(H,62,69)(H,59,60,61)/t34?,37-,38?,40+,42+,43-,44+,47-/m1/s1. The maximum atomic E-state index is 14.1. The zero-order valence-electron chi connectivity index (χ0n) is 42.3. The Kier molecular flexibility index (Phi) is 18.2. The topological polar surface area (TPSA) is 204 Å². The number of nitrogens with zero attached hydrogens (tertiary/aromatic N) is 7. The van der Waals surface area contributed by atoms with Gasteiger partial charge < -0.3 is 45.4 Å². The minimum atomic E-state index is -4.54. The average Bonchev–Trinajstić information content (AvgIpc) is 3.90. The van der Waals surface area contributed by atoms with Gasteiger partial charge in [0.2, 0.25) is 29.5 Å². The van der Waals surface area contributed by atoms with Crippen LogP contribution in [-0.4, -0.2) is 174 Å². The van der Waals surface area contributed by atoms with Crippen LogP contribution in [0.3, 0.4) is 0 Å². The lowest BCUT2D eigenvalue weighted by Crippen LogP contribution is -2.59. The molecule has 2 aromatic heterocycles. The van der Waals surface area contributed by atoms with Gasteiger partial charge in [-0.25, -0.2) is 9.97 Å². The van der Waals surface area contributed by atoms with Crippen LogP contribution in [0.1, 0.15) is 95.2 Å². The molecule has 3 saturated heterocycles. The van der Waals surface area contributed by atoms with Crippen molar-refractivity contribution in [2.75, 3.05) is 84.6 Å². The molecule has 8 rings (SSSR count). The van der Waals surface area contributed by atoms with Crippen LogP contribution in [0.5, 0.6) is 0 Å². The summed E-state index contributed by atoms with van der Waals surface area (Å²) >= 11 is 0. The molecule has 0 bridgehead atoms. The van der Waals surface area contributed by atoms with Crippen LogP contribution in [0.4, 0.5) is 19.0 Å². The largest absolute Gasteiger partial charge is 0.416 e. The summed E-state index contributed by atoms with van der Waals surface area (Å²) in [5.41, 5.74) is 0.347. The number of fused-ring (bicyclic) bond motifs is 1. The summed E-state index contributed by atoms with van der Waals surface area (Å²) in [6.07, 6.45) is 6.45. The second-order valence-corrected chi connectivity index (χ2v) is 20.7. The summed E-state index contributed by atoms with van der Waals surface area (Å²) in [4.78, 5) is 86.9. The van der Waals surface area contributed by atoms with Gasteiger partial charge in [-0.3, -0.25) is 33.9 Å². The average molecular weight is 1020 g/mol. The summed E-state index contributed by atoms with van der Waals surface area (Å²) in [5, 5.41) is 13.3. The second-order valence-electron chi connectivity index (χ2n) is 20.7. The molecule has 2 saturated carbocycles. The number of rotatable bonds is 20. The van der Waals surface area contributed by atoms with E-state index < -0.39 is 23.7 Å². The molecule has 5 amide bonds. The van der Waals surface area contributed by atoms with Crippen LogP contribution in [0.15, 0.2) is 49.1 Å². The molecular formula is C52H72F3N11O7. The molecule has 5 heterocycles. The van der Waals surface area contributed by atoms with Crippen LogP contribution in [0, 0.1) is 17.8 Å². The summed E-state index contributed by atoms with van der Waals surface area (Å²) in [7, 11) is 1.70. The molecule has 0 spiro atoms. The third-order valence-corrected chi connectivity index (χ3v) is 15.4. The minimum Gasteiger partial charge on any atom is -0.379 e. The van der Waals surface area contributed by atoms with Gasteiger partial charge in [0.25, 0.3) is 0 Å². The molecule has 73 heavy (non-hydrogen) atoms. The van der Waals surface area contributed by atoms with Gasteiger partial charge in [-0.1, -0.05) is 19.9 Å². The minimum absolute atomic E-state index is 0.0168. The first kappa shape index (κ1) is 53.8. The number of carbonyl (C=O) groups is 5. The molecule has 18 nitrogen and oxygen atoms in total. The third-order valence-electron chi connectivity index (χ3n) is 15.4. The number of amides is 5. The first-order valence-corrected chi connectivity index (χ1v) is 26.2. The van der Waals surface area contributed by atoms with Crippen molar-refractivity contribution in [2.45, 2.75) is 120 Å². The highest BCUT2D eigenvalue weighted by Gasteiger charge is 2.45. The monoisotopic (exact) mass is 1020 g/mol. The number of piperazine rings is 1. The van der Waals surface area contributed by atoms with E-state index in [1.54, 1.807) is 30.4 Å². The van der Waals surface area contributed by atoms with Crippen LogP contribution in [-0.2, 0) is 39.6 Å². The molecule has 5 fully saturated rings. The number of nitrogens with one attached hydrogen (secondary N) is 4. The number of pyridine rings is 1. The Bertz CT molecular complexity index is 2370. The third kappa shape index (κ3) is 13.6. The summed E-state index contributed by atoms with van der Waals surface area (Å²) in [6, 6.07) is 5.96. The molecule has 398 valence electrons. The number of hydrogen-bond acceptors (Lipinski definition) is 13. The Morgan fingerprint density at radius 2 is 1.64 bits per heavy atom. The number of benzene rings is 1. The smallest absolute Gasteiger partial charge is 0.379 e. The number of ether oxygens (including phenoxy) is 2. The quantitative estimate of drug-likeness (QED) is 0.118. The van der Waals surface area contributed by atoms with Crippen molar-refractivity contribution in [2.24, 2.45) is 17.8 Å². The van der Waals surface area contributed by atoms with Gasteiger partial charge in [-0.05, 0) is 93.7 Å². The van der Waals surface area contributed by atoms with Crippen LogP contribution in [0.25, 0.3) is 10.9 Å². The molecule has 0 radical (unpaired) electrons. The van der Waals surface area contributed by atoms with E-state index in [-0.39, 0.29) is 90.3 Å². The number of hydrogen-bond donors (Lipinski definition) is 4. The Morgan fingerprint density at radius 3 is 2.37 bits per heavy atom. The molecular weight excluding hydrogens is 948 g/mol. The van der Waals surface area contributed by atoms with Crippen LogP contribution in [0.2, 0.25) is 0 Å². The van der Waals surface area contributed by atoms with E-state index in [2.05, 4.69) is 55.0 Å². The Morgan fingerprint density at radius 1 is 0.877 bits per heavy atom. The fourth-order valence-electron chi connectivity index (χ4n) is 11.4. The molecule has 21 heteroatoms. The first-order chi connectivity index (χ1) is 35.1. The lowest BCUT2D eigenvalue weighted by molar-refractivity contribution is -0.137. The Balaban J connectivity index is 0.728. The Labute approximate surface area is 425 Å². The van der Waals surface area contributed by atoms with Gasteiger partial charge in [0.05, 0.1) is 68.0 Å². The van der Waals surface area contributed by atoms with Crippen molar-refractivity contribution in [3.63, 3.8) is 0 Å². The highest BCUT2D eigenvalue weighted by Crippen LogP contribution is 2.38. The van der Waals surface area contributed by atoms with E-state index in [9.17, 15) is 37.1 Å². The number of likely N-dealkylation sites (tertiary alicyclic amines) is 2. The summed E-state index contributed by atoms with van der Waals surface area (Å²) < 4.78 is 52.2. The van der Waals surface area contributed by atoms with Crippen LogP contribution >= 0.6 is 0 Å². The molecule has 3 aromatic rings. The lowest BCUT2D eigenvalue weighted by Gasteiger charge is -2.43. The SMILES string of the molecule is CC(C)CN[C@@H]1CC[C@H](N2CC[C@H](Nc3ncnc4ccc(C(F)(F)F)cc34)C2=O)[C@H](NC(=O)C2CCC(N3CCN(C(=O)CCOCCOCCNC(=O)[C@H]4CC(=O)N(C)[C@@H]4c4cccnc4)CC3)CC2)C1. The van der Waals surface area contributed by atoms with Gasteiger partial charge in [0.1, 0.15) is 18.2 Å². The zero-order chi connectivity index (χ0) is 51.6. The fraction of sp³-hybridized carbons (Fsp3) is 0.654. The number of aromatic nitrogens is 3. The van der Waals surface area contributed by atoms with E-state index in [0.29, 0.717) is 82.7 Å². The molecule has 0 unspecified atom stereocenters. The van der Waals surface area contributed by atoms with E-state index in [1.807, 2.05) is 15.9 Å². The summed E-state index contributed by atoms with van der Waals surface area (Å²) in [6.45, 7) is 9.94. The maximum Gasteiger partial charge on any atom is 0.416 e. The van der Waals surface area contributed by atoms with E-state index >= 15 is 0 Å². The van der Waals surface area contributed by atoms with Crippen molar-refractivity contribution in [3.8, 4) is 0 Å². The number of halogens is 3. The lowest BCUT2D eigenvalue weighted by atomic mass is 9.82. The van der Waals surface area contributed by atoms with Gasteiger partial charge in [0.15, 0.2) is 0 Å². The van der Waals surface area contributed by atoms with Gasteiger partial charge in [-0.2, -0.15) is 13.2 Å². The molecule has 1 aromatic carbocycles. The maximum absolute atomic E-state index is 14.1. The predicted octanol–water partition coefficient (Wildman–Crippen LogP) is 4.17. The fourth-order valence-corrected chi connectivity index (χ4v) is 11.4. The molecule has 5 aliphatic rings. The highest BCUT2D eigenvalue weighted by molar-refractivity contribution is 5.93. The van der Waals surface area contributed by atoms with Gasteiger partial charge in [-0.15, -0.1) is 0 Å². The Hall–Kier alpha value is -5.51. The van der Waals surface area contributed by atoms with Crippen LogP contribution < -0.4 is 21.3 Å². The zero-order valence-corrected chi connectivity index (χ0v) is 42.3. The molecule has 3 aliphatic heterocycles. The number of alkyl halides is 3. The highest BCUT2D eigenvalue weighted by atomic mass is 19.4. The van der Waals surface area contributed by atoms with E-state index in [4.69, 9.17) is 9.47 Å². The predicted molar refractivity (Wildman–Crippen MR) is 265 cm³/mol. The van der Waals surface area contributed by atoms with Crippen molar-refractivity contribution in [1.82, 2.24) is 50.5 Å². The van der Waals surface area contributed by atoms with Gasteiger partial charge in [0, 0.05) is 88.5 Å². The first-order valence-electron chi connectivity index (χ1n) is 26.2. The van der Waals surface area contributed by atoms with Crippen molar-refractivity contribution >= 4 is 46.3 Å².